The first-order valence-corrected chi connectivity index (χ1v) is 10.7. The molecule has 2 aromatic carbocycles. The Labute approximate surface area is 181 Å². The Morgan fingerprint density at radius 1 is 1.13 bits per heavy atom. The van der Waals surface area contributed by atoms with Crippen LogP contribution in [0.3, 0.4) is 0 Å². The average Bonchev–Trinajstić information content (AvgIpc) is 3.13. The molecular weight excluding hydrogens is 398 g/mol. The Balaban J connectivity index is 1.61. The third kappa shape index (κ3) is 5.40. The lowest BCUT2D eigenvalue weighted by Crippen LogP contribution is -2.35. The molecule has 0 radical (unpaired) electrons. The Bertz CT molecular complexity index is 957. The summed E-state index contributed by atoms with van der Waals surface area (Å²) in [5, 5.41) is 12.1. The van der Waals surface area contributed by atoms with Crippen LogP contribution in [0.4, 0.5) is 0 Å². The first kappa shape index (κ1) is 21.9. The molecule has 1 N–H and O–H groups in total. The summed E-state index contributed by atoms with van der Waals surface area (Å²) < 4.78 is 7.15. The molecular formula is C22H27N5O2S. The summed E-state index contributed by atoms with van der Waals surface area (Å²) in [6, 6.07) is 18.0. The highest BCUT2D eigenvalue weighted by molar-refractivity contribution is 7.99. The second-order valence-corrected chi connectivity index (χ2v) is 7.99. The molecule has 8 heteroatoms. The molecule has 0 aliphatic heterocycles. The van der Waals surface area contributed by atoms with Gasteiger partial charge in [-0.15, -0.1) is 10.2 Å². The van der Waals surface area contributed by atoms with Crippen LogP contribution in [-0.4, -0.2) is 59.1 Å². The van der Waals surface area contributed by atoms with Crippen LogP contribution in [0.5, 0.6) is 5.75 Å². The van der Waals surface area contributed by atoms with E-state index in [1.54, 1.807) is 7.11 Å². The summed E-state index contributed by atoms with van der Waals surface area (Å²) in [7, 11) is 5.66. The largest absolute Gasteiger partial charge is 0.497 e. The number of thioether (sulfide) groups is 1. The van der Waals surface area contributed by atoms with Crippen LogP contribution >= 0.6 is 11.8 Å². The number of nitrogens with one attached hydrogen (secondary N) is 1. The van der Waals surface area contributed by atoms with E-state index in [4.69, 9.17) is 4.74 Å². The average molecular weight is 426 g/mol. The molecule has 0 aliphatic rings. The van der Waals surface area contributed by atoms with Crippen molar-refractivity contribution in [2.45, 2.75) is 18.1 Å². The normalized spacial score (nSPS) is 12.0. The van der Waals surface area contributed by atoms with Crippen molar-refractivity contribution in [1.82, 2.24) is 25.0 Å². The molecule has 0 saturated carbocycles. The van der Waals surface area contributed by atoms with E-state index in [2.05, 4.69) is 32.5 Å². The van der Waals surface area contributed by atoms with Gasteiger partial charge in [-0.05, 0) is 50.8 Å². The smallest absolute Gasteiger partial charge is 0.230 e. The quantitative estimate of drug-likeness (QED) is 0.531. The fourth-order valence-electron chi connectivity index (χ4n) is 3.13. The number of carbonyl (C=O) groups excluding carboxylic acids is 1. The Morgan fingerprint density at radius 2 is 1.83 bits per heavy atom. The first-order chi connectivity index (χ1) is 14.5. The Morgan fingerprint density at radius 3 is 2.47 bits per heavy atom. The SMILES string of the molecule is COc1ccc(-n2c(C)nnc2SCC(=O)NCC(c2ccccc2)N(C)C)cc1. The van der Waals surface area contributed by atoms with Gasteiger partial charge in [0.1, 0.15) is 11.6 Å². The maximum atomic E-state index is 12.5. The summed E-state index contributed by atoms with van der Waals surface area (Å²) in [6.07, 6.45) is 0. The molecule has 0 bridgehead atoms. The van der Waals surface area contributed by atoms with Crippen LogP contribution in [-0.2, 0) is 4.79 Å². The predicted molar refractivity (Wildman–Crippen MR) is 119 cm³/mol. The van der Waals surface area contributed by atoms with E-state index in [0.29, 0.717) is 11.7 Å². The van der Waals surface area contributed by atoms with Crippen molar-refractivity contribution in [3.8, 4) is 11.4 Å². The predicted octanol–water partition coefficient (Wildman–Crippen LogP) is 3.10. The van der Waals surface area contributed by atoms with E-state index >= 15 is 0 Å². The molecule has 0 spiro atoms. The van der Waals surface area contributed by atoms with Gasteiger partial charge in [0.15, 0.2) is 5.16 Å². The molecule has 0 saturated heterocycles. The number of ether oxygens (including phenoxy) is 1. The highest BCUT2D eigenvalue weighted by atomic mass is 32.2. The number of methoxy groups -OCH3 is 1. The number of benzene rings is 2. The number of nitrogens with zero attached hydrogens (tertiary/aromatic N) is 4. The van der Waals surface area contributed by atoms with Gasteiger partial charge in [-0.1, -0.05) is 42.1 Å². The minimum absolute atomic E-state index is 0.0373. The molecule has 1 atom stereocenters. The van der Waals surface area contributed by atoms with Gasteiger partial charge in [0.25, 0.3) is 0 Å². The van der Waals surface area contributed by atoms with Gasteiger partial charge < -0.3 is 15.0 Å². The van der Waals surface area contributed by atoms with Gasteiger partial charge in [-0.3, -0.25) is 9.36 Å². The van der Waals surface area contributed by atoms with Crippen LogP contribution < -0.4 is 10.1 Å². The van der Waals surface area contributed by atoms with Crippen molar-refractivity contribution < 1.29 is 9.53 Å². The van der Waals surface area contributed by atoms with E-state index in [-0.39, 0.29) is 17.7 Å². The van der Waals surface area contributed by atoms with Crippen molar-refractivity contribution in [2.24, 2.45) is 0 Å². The second kappa shape index (κ2) is 10.3. The number of aryl methyl sites for hydroxylation is 1. The molecule has 3 aromatic rings. The maximum Gasteiger partial charge on any atom is 0.230 e. The van der Waals surface area contributed by atoms with Crippen molar-refractivity contribution in [2.75, 3.05) is 33.5 Å². The summed E-state index contributed by atoms with van der Waals surface area (Å²) in [6.45, 7) is 2.43. The van der Waals surface area contributed by atoms with Crippen LogP contribution in [0.1, 0.15) is 17.4 Å². The lowest BCUT2D eigenvalue weighted by molar-refractivity contribution is -0.118. The van der Waals surface area contributed by atoms with Crippen molar-refractivity contribution in [3.05, 3.63) is 66.0 Å². The molecule has 158 valence electrons. The van der Waals surface area contributed by atoms with Crippen molar-refractivity contribution in [1.29, 1.82) is 0 Å². The third-order valence-electron chi connectivity index (χ3n) is 4.76. The zero-order chi connectivity index (χ0) is 21.5. The van der Waals surface area contributed by atoms with Crippen LogP contribution in [0, 0.1) is 6.92 Å². The van der Waals surface area contributed by atoms with Crippen molar-refractivity contribution in [3.63, 3.8) is 0 Å². The lowest BCUT2D eigenvalue weighted by Gasteiger charge is -2.25. The maximum absolute atomic E-state index is 12.5. The van der Waals surface area contributed by atoms with E-state index < -0.39 is 0 Å². The number of likely N-dealkylation sites (N-methyl/N-ethyl adjacent to an activating group) is 1. The van der Waals surface area contributed by atoms with E-state index in [1.165, 1.54) is 17.3 Å². The Kier molecular flexibility index (Phi) is 7.48. The van der Waals surface area contributed by atoms with Gasteiger partial charge in [0.2, 0.25) is 5.91 Å². The fourth-order valence-corrected chi connectivity index (χ4v) is 3.96. The summed E-state index contributed by atoms with van der Waals surface area (Å²) in [5.41, 5.74) is 2.10. The number of rotatable bonds is 9. The first-order valence-electron chi connectivity index (χ1n) is 9.67. The zero-order valence-corrected chi connectivity index (χ0v) is 18.5. The van der Waals surface area contributed by atoms with Crippen LogP contribution in [0.15, 0.2) is 59.8 Å². The number of aromatic nitrogens is 3. The number of amides is 1. The van der Waals surface area contributed by atoms with E-state index in [0.717, 1.165) is 17.3 Å². The van der Waals surface area contributed by atoms with Crippen molar-refractivity contribution >= 4 is 17.7 Å². The highest BCUT2D eigenvalue weighted by Crippen LogP contribution is 2.23. The molecule has 1 aromatic heterocycles. The molecule has 7 nitrogen and oxygen atoms in total. The second-order valence-electron chi connectivity index (χ2n) is 7.05. The van der Waals surface area contributed by atoms with E-state index in [1.807, 2.05) is 68.1 Å². The zero-order valence-electron chi connectivity index (χ0n) is 17.7. The molecule has 1 amide bonds. The van der Waals surface area contributed by atoms with Gasteiger partial charge in [0.05, 0.1) is 18.9 Å². The minimum Gasteiger partial charge on any atom is -0.497 e. The third-order valence-corrected chi connectivity index (χ3v) is 5.69. The molecule has 1 unspecified atom stereocenters. The number of hydrogen-bond acceptors (Lipinski definition) is 6. The monoisotopic (exact) mass is 425 g/mol. The van der Waals surface area contributed by atoms with Crippen LogP contribution in [0.25, 0.3) is 5.69 Å². The minimum atomic E-state index is -0.0373. The van der Waals surface area contributed by atoms with E-state index in [9.17, 15) is 4.79 Å². The lowest BCUT2D eigenvalue weighted by atomic mass is 10.1. The van der Waals surface area contributed by atoms with Crippen LogP contribution in [0.2, 0.25) is 0 Å². The Hall–Kier alpha value is -2.84. The standard InChI is InChI=1S/C22H27N5O2S/c1-16-24-25-22(27(16)18-10-12-19(29-4)13-11-18)30-15-21(28)23-14-20(26(2)3)17-8-6-5-7-9-17/h5-13,20H,14-15H2,1-4H3,(H,23,28). The molecule has 30 heavy (non-hydrogen) atoms. The number of hydrogen-bond donors (Lipinski definition) is 1. The molecule has 1 heterocycles. The molecule has 3 rings (SSSR count). The van der Waals surface area contributed by atoms with Gasteiger partial charge >= 0.3 is 0 Å². The van der Waals surface area contributed by atoms with Gasteiger partial charge in [-0.25, -0.2) is 0 Å². The molecule has 0 fully saturated rings. The fraction of sp³-hybridized carbons (Fsp3) is 0.318. The highest BCUT2D eigenvalue weighted by Gasteiger charge is 2.17. The summed E-state index contributed by atoms with van der Waals surface area (Å²) in [5.74, 6) is 1.78. The topological polar surface area (TPSA) is 72.3 Å². The molecule has 0 aliphatic carbocycles. The number of carbonyl (C=O) groups is 1. The van der Waals surface area contributed by atoms with Gasteiger partial charge in [0, 0.05) is 12.2 Å². The van der Waals surface area contributed by atoms with Gasteiger partial charge in [-0.2, -0.15) is 0 Å². The summed E-state index contributed by atoms with van der Waals surface area (Å²) >= 11 is 1.37. The summed E-state index contributed by atoms with van der Waals surface area (Å²) in [4.78, 5) is 14.6.